The van der Waals surface area contributed by atoms with Crippen LogP contribution >= 0.6 is 11.6 Å². The highest BCUT2D eigenvalue weighted by Crippen LogP contribution is 2.59. The molecule has 1 atom stereocenters. The van der Waals surface area contributed by atoms with E-state index in [4.69, 9.17) is 16.3 Å². The lowest BCUT2D eigenvalue weighted by Crippen LogP contribution is -2.74. The summed E-state index contributed by atoms with van der Waals surface area (Å²) < 4.78 is 6.44. The van der Waals surface area contributed by atoms with Crippen LogP contribution in [0, 0.1) is 39.9 Å². The number of anilines is 1. The van der Waals surface area contributed by atoms with Crippen molar-refractivity contribution >= 4 is 46.8 Å². The van der Waals surface area contributed by atoms with Gasteiger partial charge in [-0.15, -0.1) is 0 Å². The van der Waals surface area contributed by atoms with Gasteiger partial charge in [-0.3, -0.25) is 34.2 Å². The van der Waals surface area contributed by atoms with Crippen molar-refractivity contribution in [2.45, 2.75) is 65.3 Å². The third kappa shape index (κ3) is 5.45. The van der Waals surface area contributed by atoms with Gasteiger partial charge in [-0.25, -0.2) is 0 Å². The van der Waals surface area contributed by atoms with Gasteiger partial charge in [-0.2, -0.15) is 5.26 Å². The number of piperidine rings is 1. The number of imide groups is 2. The molecule has 0 radical (unpaired) electrons. The molecule has 0 aromatic heterocycles. The number of nitriles is 1. The number of nitrogens with one attached hydrogen (secondary N) is 1. The third-order valence-corrected chi connectivity index (χ3v) is 11.7. The van der Waals surface area contributed by atoms with Crippen LogP contribution in [0.1, 0.15) is 88.3 Å². The molecule has 1 N–H and O–H groups in total. The Labute approximate surface area is 311 Å². The molecule has 1 saturated carbocycles. The van der Waals surface area contributed by atoms with Gasteiger partial charge in [0.15, 0.2) is 0 Å². The largest absolute Gasteiger partial charge is 0.489 e. The van der Waals surface area contributed by atoms with Gasteiger partial charge in [0, 0.05) is 65.8 Å². The number of ether oxygens (including phenoxy) is 1. The van der Waals surface area contributed by atoms with E-state index in [0.29, 0.717) is 41.5 Å². The van der Waals surface area contributed by atoms with Crippen LogP contribution in [0.4, 0.5) is 5.69 Å². The first-order valence-electron chi connectivity index (χ1n) is 17.6. The van der Waals surface area contributed by atoms with Gasteiger partial charge in [-0.1, -0.05) is 51.1 Å². The second kappa shape index (κ2) is 12.2. The zero-order chi connectivity index (χ0) is 37.6. The molecular weight excluding hydrogens is 694 g/mol. The number of amides is 5. The molecule has 2 saturated heterocycles. The van der Waals surface area contributed by atoms with E-state index in [2.05, 4.69) is 55.8 Å². The van der Waals surface area contributed by atoms with Crippen molar-refractivity contribution < 1.29 is 28.7 Å². The van der Waals surface area contributed by atoms with Crippen molar-refractivity contribution in [2.75, 3.05) is 18.0 Å². The number of fused-ring (bicyclic) bond motifs is 2. The van der Waals surface area contributed by atoms with Crippen LogP contribution in [-0.4, -0.2) is 70.6 Å². The number of nitrogens with zero attached hydrogens (tertiary/aromatic N) is 4. The molecule has 5 amide bonds. The van der Waals surface area contributed by atoms with Crippen LogP contribution in [0.15, 0.2) is 54.6 Å². The number of rotatable bonds is 5. The average molecular weight is 730 g/mol. The van der Waals surface area contributed by atoms with Gasteiger partial charge in [0.2, 0.25) is 11.8 Å². The maximum Gasteiger partial charge on any atom is 0.262 e. The summed E-state index contributed by atoms with van der Waals surface area (Å²) in [5.41, 5.74) is 3.40. The Balaban J connectivity index is 0.906. The molecule has 1 aliphatic carbocycles. The minimum atomic E-state index is -1.00. The molecule has 4 aliphatic heterocycles. The Morgan fingerprint density at radius 1 is 0.868 bits per heavy atom. The maximum atomic E-state index is 13.7. The number of hydrogen-bond acceptors (Lipinski definition) is 8. The van der Waals surface area contributed by atoms with E-state index in [9.17, 15) is 29.2 Å². The summed E-state index contributed by atoms with van der Waals surface area (Å²) in [5.74, 6) is 5.22. The van der Waals surface area contributed by atoms with Crippen LogP contribution in [0.25, 0.3) is 0 Å². The van der Waals surface area contributed by atoms with Crippen LogP contribution < -0.4 is 15.0 Å². The monoisotopic (exact) mass is 729 g/mol. The van der Waals surface area contributed by atoms with E-state index in [1.807, 2.05) is 23.1 Å². The van der Waals surface area contributed by atoms with E-state index >= 15 is 0 Å². The second-order valence-corrected chi connectivity index (χ2v) is 16.1. The molecular formula is C41H36ClN5O6. The van der Waals surface area contributed by atoms with Crippen LogP contribution in [0.2, 0.25) is 5.02 Å². The van der Waals surface area contributed by atoms with Crippen LogP contribution in [0.5, 0.6) is 5.75 Å². The summed E-state index contributed by atoms with van der Waals surface area (Å²) in [5, 5.41) is 11.8. The van der Waals surface area contributed by atoms with E-state index < -0.39 is 29.7 Å². The summed E-state index contributed by atoms with van der Waals surface area (Å²) >= 11 is 6.27. The van der Waals surface area contributed by atoms with E-state index in [1.165, 1.54) is 0 Å². The molecule has 3 aromatic carbocycles. The highest BCUT2D eigenvalue weighted by atomic mass is 35.5. The summed E-state index contributed by atoms with van der Waals surface area (Å²) in [6, 6.07) is 16.9. The number of hydrogen-bond donors (Lipinski definition) is 1. The number of carbonyl (C=O) groups is 5. The SMILES string of the molecule is CC1(C)[C@H](Oc2ccc(C#N)c(Cl)c2)C(C)(C)[C@H]1N1Cc2cc(C#CC3CN(c4ccc5c(c4)C(=O)N(C4CCC(=O)NC4=O)C5=O)C3)ccc2C1=O. The first kappa shape index (κ1) is 34.4. The summed E-state index contributed by atoms with van der Waals surface area (Å²) in [6.45, 7) is 10.2. The molecule has 4 heterocycles. The minimum Gasteiger partial charge on any atom is -0.489 e. The molecule has 0 bridgehead atoms. The highest BCUT2D eigenvalue weighted by Gasteiger charge is 2.67. The van der Waals surface area contributed by atoms with Crippen LogP contribution in [0.3, 0.4) is 0 Å². The van der Waals surface area contributed by atoms with Gasteiger partial charge in [0.05, 0.1) is 27.6 Å². The maximum absolute atomic E-state index is 13.7. The zero-order valence-corrected chi connectivity index (χ0v) is 30.4. The zero-order valence-electron chi connectivity index (χ0n) is 29.7. The topological polar surface area (TPSA) is 140 Å². The quantitative estimate of drug-likeness (QED) is 0.288. The van der Waals surface area contributed by atoms with Crippen LogP contribution in [-0.2, 0) is 16.1 Å². The fourth-order valence-corrected chi connectivity index (χ4v) is 9.48. The first-order valence-corrected chi connectivity index (χ1v) is 18.0. The van der Waals surface area contributed by atoms with Gasteiger partial charge in [0.25, 0.3) is 17.7 Å². The Kier molecular flexibility index (Phi) is 7.93. The predicted octanol–water partition coefficient (Wildman–Crippen LogP) is 4.94. The van der Waals surface area contributed by atoms with Gasteiger partial charge >= 0.3 is 0 Å². The summed E-state index contributed by atoms with van der Waals surface area (Å²) in [6.07, 6.45) is -0.0177. The molecule has 1 unspecified atom stereocenters. The number of halogens is 1. The Morgan fingerprint density at radius 2 is 1.58 bits per heavy atom. The molecule has 53 heavy (non-hydrogen) atoms. The molecule has 8 rings (SSSR count). The molecule has 5 aliphatic rings. The minimum absolute atomic E-state index is 0.00471. The fraction of sp³-hybridized carbons (Fsp3) is 0.366. The lowest BCUT2D eigenvalue weighted by atomic mass is 9.49. The molecule has 0 spiro atoms. The standard InChI is InChI=1S/C41H36ClN5O6/c1-40(2)38(41(3,4)39(40)53-27-10-8-24(18-43)31(42)17-27)46-21-25-15-22(7-11-28(25)35(46)50)5-6-23-19-45(20-23)26-9-12-29-30(16-26)37(52)47(36(29)51)32-13-14-33(48)44-34(32)49/h7-12,15-17,23,32,38-39H,13-14,19-21H2,1-4H3,(H,44,48,49)/t32?,38-,39-. The second-order valence-electron chi connectivity index (χ2n) is 15.6. The Bertz CT molecular complexity index is 2260. The summed E-state index contributed by atoms with van der Waals surface area (Å²) in [4.78, 5) is 69.0. The molecule has 3 aromatic rings. The third-order valence-electron chi connectivity index (χ3n) is 11.4. The molecule has 268 valence electrons. The Hall–Kier alpha value is -5.65. The number of benzene rings is 3. The van der Waals surface area contributed by atoms with Gasteiger partial charge in [0.1, 0.15) is 24.0 Å². The van der Waals surface area contributed by atoms with Crippen molar-refractivity contribution in [1.29, 1.82) is 5.26 Å². The van der Waals surface area contributed by atoms with E-state index in [-0.39, 0.29) is 58.8 Å². The first-order chi connectivity index (χ1) is 25.2. The molecule has 3 fully saturated rings. The van der Waals surface area contributed by atoms with Gasteiger partial charge < -0.3 is 14.5 Å². The number of carbonyl (C=O) groups excluding carboxylic acids is 5. The lowest BCUT2D eigenvalue weighted by Gasteiger charge is -2.65. The highest BCUT2D eigenvalue weighted by molar-refractivity contribution is 6.31. The van der Waals surface area contributed by atoms with Crippen molar-refractivity contribution in [1.82, 2.24) is 15.1 Å². The molecule has 11 nitrogen and oxygen atoms in total. The van der Waals surface area contributed by atoms with Crippen molar-refractivity contribution in [3.05, 3.63) is 93.0 Å². The van der Waals surface area contributed by atoms with Crippen molar-refractivity contribution in [2.24, 2.45) is 16.7 Å². The molecule has 12 heteroatoms. The smallest absolute Gasteiger partial charge is 0.262 e. The van der Waals surface area contributed by atoms with Crippen molar-refractivity contribution in [3.63, 3.8) is 0 Å². The van der Waals surface area contributed by atoms with Crippen molar-refractivity contribution in [3.8, 4) is 23.7 Å². The summed E-state index contributed by atoms with van der Waals surface area (Å²) in [7, 11) is 0. The van der Waals surface area contributed by atoms with E-state index in [0.717, 1.165) is 21.7 Å². The lowest BCUT2D eigenvalue weighted by molar-refractivity contribution is -0.199. The van der Waals surface area contributed by atoms with Gasteiger partial charge in [-0.05, 0) is 60.5 Å². The normalized spacial score (nSPS) is 24.0. The Morgan fingerprint density at radius 3 is 2.28 bits per heavy atom. The average Bonchev–Trinajstić information content (AvgIpc) is 3.53. The fourth-order valence-electron chi connectivity index (χ4n) is 9.26. The van der Waals surface area contributed by atoms with E-state index in [1.54, 1.807) is 36.4 Å². The predicted molar refractivity (Wildman–Crippen MR) is 194 cm³/mol.